The average Bonchev–Trinajstić information content (AvgIpc) is 3.34. The number of rotatable bonds is 5. The van der Waals surface area contributed by atoms with Gasteiger partial charge in [0.15, 0.2) is 5.13 Å². The average molecular weight is 392 g/mol. The Morgan fingerprint density at radius 2 is 2.04 bits per heavy atom. The van der Waals surface area contributed by atoms with E-state index in [0.717, 1.165) is 27.1 Å². The van der Waals surface area contributed by atoms with Crippen molar-refractivity contribution < 1.29 is 13.9 Å². The summed E-state index contributed by atoms with van der Waals surface area (Å²) in [6, 6.07) is 15.3. The molecule has 2 aromatic carbocycles. The van der Waals surface area contributed by atoms with Gasteiger partial charge in [0, 0.05) is 11.6 Å². The van der Waals surface area contributed by atoms with Gasteiger partial charge >= 0.3 is 0 Å². The molecule has 0 unspecified atom stereocenters. The zero-order valence-electron chi connectivity index (χ0n) is 15.9. The van der Waals surface area contributed by atoms with E-state index in [1.165, 1.54) is 11.3 Å². The number of anilines is 1. The van der Waals surface area contributed by atoms with Gasteiger partial charge in [0.25, 0.3) is 5.91 Å². The lowest BCUT2D eigenvalue weighted by atomic mass is 10.0. The van der Waals surface area contributed by atoms with Crippen molar-refractivity contribution in [2.45, 2.75) is 20.4 Å². The van der Waals surface area contributed by atoms with Crippen LogP contribution in [-0.4, -0.2) is 18.0 Å². The molecule has 4 rings (SSSR count). The smallest absolute Gasteiger partial charge is 0.260 e. The Bertz CT molecular complexity index is 1130. The fourth-order valence-electron chi connectivity index (χ4n) is 3.12. The van der Waals surface area contributed by atoms with Gasteiger partial charge in [-0.05, 0) is 49.7 Å². The fourth-order valence-corrected chi connectivity index (χ4v) is 4.06. The number of nitrogens with zero attached hydrogens (tertiary/aromatic N) is 2. The van der Waals surface area contributed by atoms with Crippen molar-refractivity contribution in [3.63, 3.8) is 0 Å². The van der Waals surface area contributed by atoms with Crippen molar-refractivity contribution in [3.05, 3.63) is 77.2 Å². The molecule has 0 atom stereocenters. The number of benzene rings is 2. The van der Waals surface area contributed by atoms with Crippen LogP contribution < -0.4 is 9.64 Å². The third-order valence-corrected chi connectivity index (χ3v) is 5.63. The van der Waals surface area contributed by atoms with E-state index in [2.05, 4.69) is 0 Å². The second-order valence-corrected chi connectivity index (χ2v) is 7.63. The summed E-state index contributed by atoms with van der Waals surface area (Å²) < 4.78 is 11.8. The molecule has 0 saturated heterocycles. The summed E-state index contributed by atoms with van der Waals surface area (Å²) in [6.45, 7) is 4.29. The fraction of sp³-hybridized carbons (Fsp3) is 0.182. The summed E-state index contributed by atoms with van der Waals surface area (Å²) in [4.78, 5) is 19.8. The molecule has 0 bridgehead atoms. The van der Waals surface area contributed by atoms with Gasteiger partial charge in [-0.2, -0.15) is 0 Å². The molecule has 0 radical (unpaired) electrons. The predicted molar refractivity (Wildman–Crippen MR) is 111 cm³/mol. The van der Waals surface area contributed by atoms with Crippen LogP contribution in [0.4, 0.5) is 5.13 Å². The molecule has 0 aliphatic heterocycles. The molecule has 0 aliphatic carbocycles. The van der Waals surface area contributed by atoms with Crippen LogP contribution in [0.15, 0.2) is 59.2 Å². The summed E-state index contributed by atoms with van der Waals surface area (Å²) in [5, 5.41) is 0.629. The maximum atomic E-state index is 13.4. The van der Waals surface area contributed by atoms with Crippen molar-refractivity contribution in [3.8, 4) is 5.75 Å². The number of amides is 1. The van der Waals surface area contributed by atoms with Crippen LogP contribution in [0.25, 0.3) is 10.2 Å². The number of carbonyl (C=O) groups excluding carboxylic acids is 1. The second kappa shape index (κ2) is 7.48. The second-order valence-electron chi connectivity index (χ2n) is 6.62. The third kappa shape index (κ3) is 3.51. The van der Waals surface area contributed by atoms with E-state index in [0.29, 0.717) is 23.0 Å². The first-order chi connectivity index (χ1) is 13.5. The number of furan rings is 1. The lowest BCUT2D eigenvalue weighted by Gasteiger charge is -2.20. The van der Waals surface area contributed by atoms with Crippen LogP contribution in [0.1, 0.15) is 27.2 Å². The lowest BCUT2D eigenvalue weighted by molar-refractivity contribution is 0.0982. The minimum Gasteiger partial charge on any atom is -0.497 e. The minimum atomic E-state index is -0.0973. The van der Waals surface area contributed by atoms with Gasteiger partial charge in [-0.3, -0.25) is 9.69 Å². The summed E-state index contributed by atoms with van der Waals surface area (Å²) in [5.74, 6) is 1.34. The molecule has 5 nitrogen and oxygen atoms in total. The minimum absolute atomic E-state index is 0.0973. The van der Waals surface area contributed by atoms with E-state index < -0.39 is 0 Å². The van der Waals surface area contributed by atoms with Crippen LogP contribution in [0.3, 0.4) is 0 Å². The molecule has 4 aromatic rings. The van der Waals surface area contributed by atoms with Crippen LogP contribution in [0, 0.1) is 13.8 Å². The first kappa shape index (κ1) is 18.3. The Morgan fingerprint density at radius 3 is 2.75 bits per heavy atom. The van der Waals surface area contributed by atoms with E-state index in [1.807, 2.05) is 62.4 Å². The molecule has 28 heavy (non-hydrogen) atoms. The van der Waals surface area contributed by atoms with Crippen LogP contribution >= 0.6 is 11.3 Å². The first-order valence-corrected chi connectivity index (χ1v) is 9.73. The Balaban J connectivity index is 1.78. The molecule has 1 amide bonds. The molecular weight excluding hydrogens is 372 g/mol. The Labute approximate surface area is 167 Å². The number of ether oxygens (including phenoxy) is 1. The number of aryl methyl sites for hydroxylation is 2. The van der Waals surface area contributed by atoms with Gasteiger partial charge in [-0.15, -0.1) is 0 Å². The van der Waals surface area contributed by atoms with E-state index in [9.17, 15) is 4.79 Å². The highest BCUT2D eigenvalue weighted by Crippen LogP contribution is 2.33. The van der Waals surface area contributed by atoms with Crippen molar-refractivity contribution in [2.24, 2.45) is 0 Å². The van der Waals surface area contributed by atoms with Gasteiger partial charge in [-0.1, -0.05) is 29.0 Å². The van der Waals surface area contributed by atoms with E-state index in [4.69, 9.17) is 14.1 Å². The third-order valence-electron chi connectivity index (χ3n) is 4.57. The monoisotopic (exact) mass is 392 g/mol. The molecular formula is C22H20N2O3S. The Morgan fingerprint density at radius 1 is 1.18 bits per heavy atom. The zero-order valence-corrected chi connectivity index (χ0v) is 16.7. The molecule has 0 aliphatic rings. The maximum Gasteiger partial charge on any atom is 0.260 e. The largest absolute Gasteiger partial charge is 0.497 e. The molecule has 6 heteroatoms. The zero-order chi connectivity index (χ0) is 19.7. The van der Waals surface area contributed by atoms with E-state index >= 15 is 0 Å². The van der Waals surface area contributed by atoms with Crippen molar-refractivity contribution in [2.75, 3.05) is 12.0 Å². The van der Waals surface area contributed by atoms with E-state index in [-0.39, 0.29) is 5.91 Å². The van der Waals surface area contributed by atoms with Gasteiger partial charge in [-0.25, -0.2) is 4.98 Å². The number of thiazole rings is 1. The van der Waals surface area contributed by atoms with Crippen molar-refractivity contribution >= 4 is 32.6 Å². The quantitative estimate of drug-likeness (QED) is 0.459. The molecule has 0 spiro atoms. The summed E-state index contributed by atoms with van der Waals surface area (Å²) in [7, 11) is 1.63. The molecule has 2 aromatic heterocycles. The molecule has 142 valence electrons. The summed E-state index contributed by atoms with van der Waals surface area (Å²) in [5.41, 5.74) is 3.53. The highest BCUT2D eigenvalue weighted by molar-refractivity contribution is 7.22. The Kier molecular flexibility index (Phi) is 4.88. The van der Waals surface area contributed by atoms with Crippen LogP contribution in [-0.2, 0) is 6.54 Å². The SMILES string of the molecule is COc1ccc2sc(N(Cc3ccco3)C(=O)c3ccc(C)cc3C)nc2c1. The van der Waals surface area contributed by atoms with Crippen molar-refractivity contribution in [1.82, 2.24) is 4.98 Å². The number of methoxy groups -OCH3 is 1. The summed E-state index contributed by atoms with van der Waals surface area (Å²) in [6.07, 6.45) is 1.61. The highest BCUT2D eigenvalue weighted by atomic mass is 32.1. The maximum absolute atomic E-state index is 13.4. The number of aromatic nitrogens is 1. The Hall–Kier alpha value is -3.12. The first-order valence-electron chi connectivity index (χ1n) is 8.91. The molecule has 2 heterocycles. The molecule has 0 fully saturated rings. The number of hydrogen-bond acceptors (Lipinski definition) is 5. The van der Waals surface area contributed by atoms with Crippen LogP contribution in [0.2, 0.25) is 0 Å². The molecule has 0 saturated carbocycles. The van der Waals surface area contributed by atoms with Crippen molar-refractivity contribution in [1.29, 1.82) is 0 Å². The standard InChI is InChI=1S/C22H20N2O3S/c1-14-6-8-18(15(2)11-14)21(25)24(13-17-5-4-10-27-17)22-23-19-12-16(26-3)7-9-20(19)28-22/h4-12H,13H2,1-3H3. The predicted octanol–water partition coefficient (Wildman–Crippen LogP) is 5.36. The molecule has 0 N–H and O–H groups in total. The van der Waals surface area contributed by atoms with Gasteiger partial charge in [0.05, 0.1) is 30.1 Å². The van der Waals surface area contributed by atoms with Gasteiger partial charge in [0.1, 0.15) is 11.5 Å². The topological polar surface area (TPSA) is 55.6 Å². The van der Waals surface area contributed by atoms with Gasteiger partial charge < -0.3 is 9.15 Å². The van der Waals surface area contributed by atoms with Crippen LogP contribution in [0.5, 0.6) is 5.75 Å². The normalized spacial score (nSPS) is 11.0. The number of carbonyl (C=O) groups is 1. The highest BCUT2D eigenvalue weighted by Gasteiger charge is 2.24. The number of fused-ring (bicyclic) bond motifs is 1. The van der Waals surface area contributed by atoms with E-state index in [1.54, 1.807) is 18.3 Å². The lowest BCUT2D eigenvalue weighted by Crippen LogP contribution is -2.30. The van der Waals surface area contributed by atoms with Gasteiger partial charge in [0.2, 0.25) is 0 Å². The number of hydrogen-bond donors (Lipinski definition) is 0. The summed E-state index contributed by atoms with van der Waals surface area (Å²) >= 11 is 1.48.